The molecule has 7 heteroatoms. The molecule has 1 N–H and O–H groups in total. The number of methoxy groups -OCH3 is 1. The lowest BCUT2D eigenvalue weighted by molar-refractivity contribution is 0.245. The minimum Gasteiger partial charge on any atom is -0.480 e. The van der Waals surface area contributed by atoms with Crippen molar-refractivity contribution >= 4 is 27.6 Å². The Hall–Kier alpha value is -3.19. The van der Waals surface area contributed by atoms with Crippen LogP contribution in [0.15, 0.2) is 48.8 Å². The van der Waals surface area contributed by atoms with Crippen molar-refractivity contribution in [1.82, 2.24) is 24.8 Å². The number of aromatic nitrogens is 4. The standard InChI is InChI=1S/C21H22N6O/c1-28-21-16-12-15(6-7-17(16)22-14-23-21)27-10-8-26(9-11-27)13-20-24-18-4-2-3-5-19(18)25-20/h2-7,12,14H,8-11,13H2,1H3,(H,24,25). The molecule has 7 nitrogen and oxygen atoms in total. The molecule has 0 aliphatic carbocycles. The van der Waals surface area contributed by atoms with E-state index in [0.29, 0.717) is 5.88 Å². The normalized spacial score (nSPS) is 15.4. The van der Waals surface area contributed by atoms with Gasteiger partial charge in [0.1, 0.15) is 12.2 Å². The molecule has 28 heavy (non-hydrogen) atoms. The minimum atomic E-state index is 0.621. The summed E-state index contributed by atoms with van der Waals surface area (Å²) in [7, 11) is 1.64. The van der Waals surface area contributed by atoms with Gasteiger partial charge in [-0.15, -0.1) is 0 Å². The highest BCUT2D eigenvalue weighted by Crippen LogP contribution is 2.27. The predicted molar refractivity (Wildman–Crippen MR) is 110 cm³/mol. The number of nitrogens with zero attached hydrogens (tertiary/aromatic N) is 5. The number of piperazine rings is 1. The molecule has 4 aromatic rings. The molecule has 142 valence electrons. The fourth-order valence-corrected chi connectivity index (χ4v) is 3.84. The highest BCUT2D eigenvalue weighted by molar-refractivity contribution is 5.86. The molecular weight excluding hydrogens is 352 g/mol. The van der Waals surface area contributed by atoms with Crippen LogP contribution in [0.2, 0.25) is 0 Å². The zero-order valence-corrected chi connectivity index (χ0v) is 15.8. The number of anilines is 1. The van der Waals surface area contributed by atoms with E-state index in [1.54, 1.807) is 7.11 Å². The summed E-state index contributed by atoms with van der Waals surface area (Å²) in [6.45, 7) is 4.79. The van der Waals surface area contributed by atoms with Crippen molar-refractivity contribution in [2.24, 2.45) is 0 Å². The van der Waals surface area contributed by atoms with Gasteiger partial charge in [0.15, 0.2) is 0 Å². The molecular formula is C21H22N6O. The van der Waals surface area contributed by atoms with Crippen molar-refractivity contribution in [1.29, 1.82) is 0 Å². The average molecular weight is 374 g/mol. The van der Waals surface area contributed by atoms with Crippen LogP contribution < -0.4 is 9.64 Å². The molecule has 2 aromatic carbocycles. The van der Waals surface area contributed by atoms with Gasteiger partial charge in [-0.25, -0.2) is 15.0 Å². The van der Waals surface area contributed by atoms with Gasteiger partial charge in [0, 0.05) is 31.9 Å². The summed E-state index contributed by atoms with van der Waals surface area (Å²) < 4.78 is 5.39. The van der Waals surface area contributed by atoms with E-state index in [1.807, 2.05) is 24.3 Å². The lowest BCUT2D eigenvalue weighted by atomic mass is 10.2. The molecule has 1 aliphatic heterocycles. The van der Waals surface area contributed by atoms with Crippen molar-refractivity contribution in [3.8, 4) is 5.88 Å². The first-order valence-electron chi connectivity index (χ1n) is 9.50. The highest BCUT2D eigenvalue weighted by atomic mass is 16.5. The van der Waals surface area contributed by atoms with Gasteiger partial charge < -0.3 is 14.6 Å². The maximum absolute atomic E-state index is 5.39. The molecule has 5 rings (SSSR count). The number of imidazole rings is 1. The number of benzene rings is 2. The Morgan fingerprint density at radius 2 is 1.86 bits per heavy atom. The van der Waals surface area contributed by atoms with Gasteiger partial charge in [0.05, 0.1) is 35.6 Å². The Morgan fingerprint density at radius 3 is 2.68 bits per heavy atom. The number of hydrogen-bond acceptors (Lipinski definition) is 6. The van der Waals surface area contributed by atoms with E-state index in [-0.39, 0.29) is 0 Å². The van der Waals surface area contributed by atoms with Gasteiger partial charge in [-0.1, -0.05) is 12.1 Å². The summed E-state index contributed by atoms with van der Waals surface area (Å²) >= 11 is 0. The van der Waals surface area contributed by atoms with E-state index in [2.05, 4.69) is 43.0 Å². The predicted octanol–water partition coefficient (Wildman–Crippen LogP) is 2.84. The molecule has 0 spiro atoms. The Morgan fingerprint density at radius 1 is 1.00 bits per heavy atom. The molecule has 0 radical (unpaired) electrons. The first-order chi connectivity index (χ1) is 13.8. The maximum Gasteiger partial charge on any atom is 0.224 e. The van der Waals surface area contributed by atoms with Crippen molar-refractivity contribution in [3.05, 3.63) is 54.6 Å². The molecule has 0 saturated carbocycles. The number of fused-ring (bicyclic) bond motifs is 2. The fraction of sp³-hybridized carbons (Fsp3) is 0.286. The van der Waals surface area contributed by atoms with Crippen LogP contribution in [-0.4, -0.2) is 58.1 Å². The third-order valence-electron chi connectivity index (χ3n) is 5.32. The number of hydrogen-bond donors (Lipinski definition) is 1. The Balaban J connectivity index is 1.28. The highest BCUT2D eigenvalue weighted by Gasteiger charge is 2.19. The lowest BCUT2D eigenvalue weighted by Gasteiger charge is -2.35. The summed E-state index contributed by atoms with van der Waals surface area (Å²) in [4.78, 5) is 21.5. The number of para-hydroxylation sites is 2. The molecule has 1 fully saturated rings. The molecule has 1 aliphatic rings. The van der Waals surface area contributed by atoms with Crippen LogP contribution in [0.3, 0.4) is 0 Å². The largest absolute Gasteiger partial charge is 0.480 e. The number of aromatic amines is 1. The van der Waals surface area contributed by atoms with Crippen molar-refractivity contribution in [3.63, 3.8) is 0 Å². The van der Waals surface area contributed by atoms with Gasteiger partial charge >= 0.3 is 0 Å². The molecule has 0 unspecified atom stereocenters. The first-order valence-corrected chi connectivity index (χ1v) is 9.50. The number of rotatable bonds is 4. The Kier molecular flexibility index (Phi) is 4.29. The Bertz CT molecular complexity index is 1080. The van der Waals surface area contributed by atoms with E-state index in [1.165, 1.54) is 12.0 Å². The van der Waals surface area contributed by atoms with Crippen LogP contribution in [0.5, 0.6) is 5.88 Å². The van der Waals surface area contributed by atoms with E-state index < -0.39 is 0 Å². The van der Waals surface area contributed by atoms with Gasteiger partial charge in [-0.05, 0) is 30.3 Å². The summed E-state index contributed by atoms with van der Waals surface area (Å²) in [5, 5.41) is 0.951. The second-order valence-corrected chi connectivity index (χ2v) is 7.05. The van der Waals surface area contributed by atoms with Crippen molar-refractivity contribution in [2.75, 3.05) is 38.2 Å². The second kappa shape index (κ2) is 7.09. The third-order valence-corrected chi connectivity index (χ3v) is 5.32. The van der Waals surface area contributed by atoms with Crippen LogP contribution in [0.25, 0.3) is 21.9 Å². The smallest absolute Gasteiger partial charge is 0.224 e. The van der Waals surface area contributed by atoms with E-state index >= 15 is 0 Å². The average Bonchev–Trinajstić information content (AvgIpc) is 3.16. The van der Waals surface area contributed by atoms with Crippen LogP contribution in [0.1, 0.15) is 5.82 Å². The van der Waals surface area contributed by atoms with Gasteiger partial charge in [0.25, 0.3) is 0 Å². The SMILES string of the molecule is COc1ncnc2ccc(N3CCN(Cc4nc5ccccc5[nH]4)CC3)cc12. The minimum absolute atomic E-state index is 0.621. The number of H-pyrrole nitrogens is 1. The quantitative estimate of drug-likeness (QED) is 0.592. The summed E-state index contributed by atoms with van der Waals surface area (Å²) in [5.74, 6) is 1.65. The first kappa shape index (κ1) is 16.9. The van der Waals surface area contributed by atoms with Crippen LogP contribution >= 0.6 is 0 Å². The topological polar surface area (TPSA) is 70.2 Å². The number of ether oxygens (including phenoxy) is 1. The van der Waals surface area contributed by atoms with E-state index in [4.69, 9.17) is 9.72 Å². The van der Waals surface area contributed by atoms with E-state index in [9.17, 15) is 0 Å². The second-order valence-electron chi connectivity index (χ2n) is 7.05. The Labute approximate surface area is 163 Å². The molecule has 0 amide bonds. The van der Waals surface area contributed by atoms with Crippen molar-refractivity contribution in [2.45, 2.75) is 6.54 Å². The zero-order chi connectivity index (χ0) is 18.9. The van der Waals surface area contributed by atoms with Crippen LogP contribution in [0.4, 0.5) is 5.69 Å². The van der Waals surface area contributed by atoms with Gasteiger partial charge in [-0.3, -0.25) is 4.90 Å². The third kappa shape index (κ3) is 3.14. The van der Waals surface area contributed by atoms with Gasteiger partial charge in [0.2, 0.25) is 5.88 Å². The monoisotopic (exact) mass is 374 g/mol. The summed E-state index contributed by atoms with van der Waals surface area (Å²) in [6, 6.07) is 14.5. The summed E-state index contributed by atoms with van der Waals surface area (Å²) in [5.41, 5.74) is 4.22. The number of nitrogens with one attached hydrogen (secondary N) is 1. The van der Waals surface area contributed by atoms with E-state index in [0.717, 1.165) is 60.5 Å². The summed E-state index contributed by atoms with van der Waals surface area (Å²) in [6.07, 6.45) is 1.54. The van der Waals surface area contributed by atoms with Crippen molar-refractivity contribution < 1.29 is 4.74 Å². The molecule has 1 saturated heterocycles. The van der Waals surface area contributed by atoms with Crippen LogP contribution in [-0.2, 0) is 6.54 Å². The molecule has 0 atom stereocenters. The molecule has 3 heterocycles. The lowest BCUT2D eigenvalue weighted by Crippen LogP contribution is -2.46. The zero-order valence-electron chi connectivity index (χ0n) is 15.8. The van der Waals surface area contributed by atoms with Crippen LogP contribution in [0, 0.1) is 0 Å². The molecule has 0 bridgehead atoms. The maximum atomic E-state index is 5.39. The molecule has 2 aromatic heterocycles. The fourth-order valence-electron chi connectivity index (χ4n) is 3.84. The van der Waals surface area contributed by atoms with Gasteiger partial charge in [-0.2, -0.15) is 0 Å².